The number of nitrogens with zero attached hydrogens (tertiary/aromatic N) is 2. The van der Waals surface area contributed by atoms with Crippen molar-refractivity contribution in [3.63, 3.8) is 0 Å². The van der Waals surface area contributed by atoms with Crippen LogP contribution in [0.2, 0.25) is 5.02 Å². The lowest BCUT2D eigenvalue weighted by Gasteiger charge is -2.15. The minimum Gasteiger partial charge on any atom is -0.405 e. The number of ether oxygens (including phenoxy) is 1. The predicted octanol–water partition coefficient (Wildman–Crippen LogP) is 4.69. The molecule has 118 valence electrons. The van der Waals surface area contributed by atoms with Crippen LogP contribution < -0.4 is 4.74 Å². The molecule has 9 heteroatoms. The monoisotopic (exact) mass is 342 g/mol. The van der Waals surface area contributed by atoms with Gasteiger partial charge in [0.2, 0.25) is 0 Å². The van der Waals surface area contributed by atoms with E-state index in [2.05, 4.69) is 4.74 Å². The summed E-state index contributed by atoms with van der Waals surface area (Å²) in [5.41, 5.74) is -0.840. The van der Waals surface area contributed by atoms with Gasteiger partial charge in [-0.3, -0.25) is 10.1 Å². The van der Waals surface area contributed by atoms with Crippen LogP contribution in [0.5, 0.6) is 5.75 Å². The van der Waals surface area contributed by atoms with E-state index < -0.39 is 22.7 Å². The maximum atomic E-state index is 12.5. The first-order valence-electron chi connectivity index (χ1n) is 5.96. The van der Waals surface area contributed by atoms with Crippen LogP contribution in [0.1, 0.15) is 5.56 Å². The van der Waals surface area contributed by atoms with Crippen molar-refractivity contribution < 1.29 is 22.8 Å². The van der Waals surface area contributed by atoms with Crippen molar-refractivity contribution in [2.45, 2.75) is 6.36 Å². The molecule has 0 unspecified atom stereocenters. The SMILES string of the molecule is N#Cc1cc([N+](=O)[O-])cc(Cl)c1-c1ccccc1OC(F)(F)F. The highest BCUT2D eigenvalue weighted by atomic mass is 35.5. The highest BCUT2D eigenvalue weighted by molar-refractivity contribution is 6.34. The van der Waals surface area contributed by atoms with E-state index >= 15 is 0 Å². The number of hydrogen-bond donors (Lipinski definition) is 0. The molecule has 0 aromatic heterocycles. The van der Waals surface area contributed by atoms with Gasteiger partial charge in [-0.2, -0.15) is 5.26 Å². The Balaban J connectivity index is 2.68. The molecule has 0 atom stereocenters. The largest absolute Gasteiger partial charge is 0.573 e. The maximum absolute atomic E-state index is 12.5. The third kappa shape index (κ3) is 3.70. The summed E-state index contributed by atoms with van der Waals surface area (Å²) in [6, 6.07) is 8.66. The molecule has 0 amide bonds. The van der Waals surface area contributed by atoms with Crippen LogP contribution in [0.25, 0.3) is 11.1 Å². The van der Waals surface area contributed by atoms with Crippen LogP contribution in [0.15, 0.2) is 36.4 Å². The lowest BCUT2D eigenvalue weighted by Crippen LogP contribution is -2.17. The molecule has 0 fully saturated rings. The summed E-state index contributed by atoms with van der Waals surface area (Å²) in [6.07, 6.45) is -4.93. The van der Waals surface area contributed by atoms with Gasteiger partial charge in [0.05, 0.1) is 15.5 Å². The first-order valence-corrected chi connectivity index (χ1v) is 6.34. The molecule has 0 spiro atoms. The van der Waals surface area contributed by atoms with E-state index in [0.29, 0.717) is 0 Å². The Morgan fingerprint density at radius 1 is 1.26 bits per heavy atom. The van der Waals surface area contributed by atoms with Crippen molar-refractivity contribution in [2.24, 2.45) is 0 Å². The molecule has 0 heterocycles. The average molecular weight is 343 g/mol. The number of alkyl halides is 3. The van der Waals surface area contributed by atoms with Gasteiger partial charge in [-0.15, -0.1) is 13.2 Å². The fourth-order valence-electron chi connectivity index (χ4n) is 1.95. The van der Waals surface area contributed by atoms with E-state index in [0.717, 1.165) is 18.2 Å². The Hall–Kier alpha value is -2.79. The van der Waals surface area contributed by atoms with Crippen molar-refractivity contribution in [1.29, 1.82) is 5.26 Å². The molecule has 0 N–H and O–H groups in total. The number of nitro groups is 1. The molecule has 0 saturated heterocycles. The van der Waals surface area contributed by atoms with Gasteiger partial charge in [0.25, 0.3) is 5.69 Å². The zero-order valence-electron chi connectivity index (χ0n) is 11.1. The summed E-state index contributed by atoms with van der Waals surface area (Å²) in [6.45, 7) is 0. The summed E-state index contributed by atoms with van der Waals surface area (Å²) < 4.78 is 41.4. The summed E-state index contributed by atoms with van der Waals surface area (Å²) >= 11 is 5.94. The predicted molar refractivity (Wildman–Crippen MR) is 74.9 cm³/mol. The number of hydrogen-bond acceptors (Lipinski definition) is 4. The number of nitriles is 1. The highest BCUT2D eigenvalue weighted by Crippen LogP contribution is 2.40. The molecule has 2 aromatic carbocycles. The highest BCUT2D eigenvalue weighted by Gasteiger charge is 2.32. The normalized spacial score (nSPS) is 10.9. The summed E-state index contributed by atoms with van der Waals surface area (Å²) in [4.78, 5) is 10.0. The number of para-hydroxylation sites is 1. The molecule has 0 aliphatic heterocycles. The van der Waals surface area contributed by atoms with E-state index in [-0.39, 0.29) is 21.7 Å². The van der Waals surface area contributed by atoms with Gasteiger partial charge >= 0.3 is 6.36 Å². The molecule has 2 aromatic rings. The average Bonchev–Trinajstić information content (AvgIpc) is 2.45. The zero-order chi connectivity index (χ0) is 17.2. The smallest absolute Gasteiger partial charge is 0.405 e. The van der Waals surface area contributed by atoms with Crippen molar-refractivity contribution in [1.82, 2.24) is 0 Å². The summed E-state index contributed by atoms with van der Waals surface area (Å²) in [7, 11) is 0. The van der Waals surface area contributed by atoms with Crippen LogP contribution in [-0.4, -0.2) is 11.3 Å². The number of benzene rings is 2. The minimum atomic E-state index is -4.93. The summed E-state index contributed by atoms with van der Waals surface area (Å²) in [5.74, 6) is -0.563. The second kappa shape index (κ2) is 6.14. The minimum absolute atomic E-state index is 0.0698. The van der Waals surface area contributed by atoms with E-state index in [4.69, 9.17) is 16.9 Å². The van der Waals surface area contributed by atoms with Gasteiger partial charge in [0.15, 0.2) is 0 Å². The van der Waals surface area contributed by atoms with E-state index in [1.165, 1.54) is 18.2 Å². The molecule has 0 bridgehead atoms. The third-order valence-electron chi connectivity index (χ3n) is 2.79. The van der Waals surface area contributed by atoms with Crippen molar-refractivity contribution in [3.05, 3.63) is 57.1 Å². The van der Waals surface area contributed by atoms with E-state index in [1.807, 2.05) is 0 Å². The van der Waals surface area contributed by atoms with Gasteiger partial charge in [0.1, 0.15) is 11.8 Å². The lowest BCUT2D eigenvalue weighted by atomic mass is 9.98. The zero-order valence-corrected chi connectivity index (χ0v) is 11.9. The third-order valence-corrected chi connectivity index (χ3v) is 3.09. The second-order valence-electron chi connectivity index (χ2n) is 4.26. The Morgan fingerprint density at radius 2 is 1.91 bits per heavy atom. The van der Waals surface area contributed by atoms with Gasteiger partial charge in [-0.05, 0) is 6.07 Å². The van der Waals surface area contributed by atoms with Gasteiger partial charge in [0, 0.05) is 23.3 Å². The Bertz CT molecular complexity index is 816. The fourth-order valence-corrected chi connectivity index (χ4v) is 2.26. The van der Waals surface area contributed by atoms with Crippen LogP contribution >= 0.6 is 11.6 Å². The quantitative estimate of drug-likeness (QED) is 0.599. The van der Waals surface area contributed by atoms with Crippen LogP contribution in [0.3, 0.4) is 0 Å². The van der Waals surface area contributed by atoms with Crippen molar-refractivity contribution in [3.8, 4) is 22.9 Å². The van der Waals surface area contributed by atoms with Crippen LogP contribution in [0.4, 0.5) is 18.9 Å². The maximum Gasteiger partial charge on any atom is 0.573 e. The van der Waals surface area contributed by atoms with Gasteiger partial charge < -0.3 is 4.74 Å². The van der Waals surface area contributed by atoms with Gasteiger partial charge in [-0.25, -0.2) is 0 Å². The first kappa shape index (κ1) is 16.6. The van der Waals surface area contributed by atoms with Crippen LogP contribution in [0, 0.1) is 21.4 Å². The summed E-state index contributed by atoms with van der Waals surface area (Å²) in [5, 5.41) is 19.7. The second-order valence-corrected chi connectivity index (χ2v) is 4.67. The number of nitro benzene ring substituents is 1. The fraction of sp³-hybridized carbons (Fsp3) is 0.0714. The molecule has 2 rings (SSSR count). The Kier molecular flexibility index (Phi) is 4.43. The Morgan fingerprint density at radius 3 is 2.48 bits per heavy atom. The molecular formula is C14H6ClF3N2O3. The van der Waals surface area contributed by atoms with E-state index in [1.54, 1.807) is 6.07 Å². The number of non-ortho nitro benzene ring substituents is 1. The van der Waals surface area contributed by atoms with Crippen molar-refractivity contribution >= 4 is 17.3 Å². The Labute approximate surface area is 132 Å². The molecular weight excluding hydrogens is 337 g/mol. The number of rotatable bonds is 3. The molecule has 0 saturated carbocycles. The molecule has 23 heavy (non-hydrogen) atoms. The molecule has 0 aliphatic rings. The standard InChI is InChI=1S/C14H6ClF3N2O3/c15-11-6-9(20(21)22)5-8(7-19)13(11)10-3-1-2-4-12(10)23-14(16,17)18/h1-6H. The van der Waals surface area contributed by atoms with Crippen molar-refractivity contribution in [2.75, 3.05) is 0 Å². The lowest BCUT2D eigenvalue weighted by molar-refractivity contribution is -0.384. The number of halogens is 4. The molecule has 5 nitrogen and oxygen atoms in total. The molecule has 0 aliphatic carbocycles. The molecule has 0 radical (unpaired) electrons. The topological polar surface area (TPSA) is 76.2 Å². The van der Waals surface area contributed by atoms with Crippen LogP contribution in [-0.2, 0) is 0 Å². The van der Waals surface area contributed by atoms with E-state index in [9.17, 15) is 23.3 Å². The first-order chi connectivity index (χ1) is 10.7. The van der Waals surface area contributed by atoms with Gasteiger partial charge in [-0.1, -0.05) is 29.8 Å².